The summed E-state index contributed by atoms with van der Waals surface area (Å²) in [6.07, 6.45) is 1.96. The van der Waals surface area contributed by atoms with E-state index in [1.807, 2.05) is 19.1 Å². The molecule has 0 unspecified atom stereocenters. The van der Waals surface area contributed by atoms with Gasteiger partial charge in [0, 0.05) is 31.6 Å². The van der Waals surface area contributed by atoms with Gasteiger partial charge in [-0.15, -0.1) is 0 Å². The van der Waals surface area contributed by atoms with Crippen molar-refractivity contribution >= 4 is 11.9 Å². The van der Waals surface area contributed by atoms with Gasteiger partial charge in [0.05, 0.1) is 7.11 Å². The van der Waals surface area contributed by atoms with Crippen molar-refractivity contribution in [1.29, 1.82) is 0 Å². The molecule has 2 saturated heterocycles. The first-order chi connectivity index (χ1) is 11.8. The van der Waals surface area contributed by atoms with Gasteiger partial charge in [0.15, 0.2) is 0 Å². The summed E-state index contributed by atoms with van der Waals surface area (Å²) in [5, 5.41) is 2.90. The number of imide groups is 1. The quantitative estimate of drug-likeness (QED) is 0.850. The van der Waals surface area contributed by atoms with Crippen LogP contribution in [0.15, 0.2) is 18.2 Å². The highest BCUT2D eigenvalue weighted by molar-refractivity contribution is 6.06. The minimum atomic E-state index is -0.804. The van der Waals surface area contributed by atoms with Crippen molar-refractivity contribution in [1.82, 2.24) is 15.1 Å². The van der Waals surface area contributed by atoms with Crippen LogP contribution in [-0.2, 0) is 11.3 Å². The van der Waals surface area contributed by atoms with Crippen LogP contribution in [0.1, 0.15) is 30.9 Å². The van der Waals surface area contributed by atoms with Crippen LogP contribution < -0.4 is 10.1 Å². The van der Waals surface area contributed by atoms with E-state index in [0.29, 0.717) is 0 Å². The van der Waals surface area contributed by atoms with Gasteiger partial charge in [-0.1, -0.05) is 17.7 Å². The molecule has 2 aliphatic rings. The van der Waals surface area contributed by atoms with Crippen LogP contribution in [-0.4, -0.2) is 54.5 Å². The average Bonchev–Trinajstić information content (AvgIpc) is 2.79. The van der Waals surface area contributed by atoms with Crippen molar-refractivity contribution in [3.8, 4) is 5.75 Å². The number of hydrogen-bond acceptors (Lipinski definition) is 4. The van der Waals surface area contributed by atoms with E-state index in [1.54, 1.807) is 14.2 Å². The van der Waals surface area contributed by atoms with Gasteiger partial charge in [0.2, 0.25) is 0 Å². The standard InChI is InChI=1S/C19H27N3O3/c1-13-7-8-16(25-4)14(10-13)11-22-9-5-6-15(12-22)19(2)17(23)21(3)18(24)20-19/h7-8,10,15H,5-6,9,11-12H2,1-4H3,(H,20,24)/t15-,19-/m0/s1. The van der Waals surface area contributed by atoms with E-state index in [1.165, 1.54) is 10.5 Å². The molecule has 6 nitrogen and oxygen atoms in total. The number of piperidine rings is 1. The lowest BCUT2D eigenvalue weighted by Crippen LogP contribution is -2.55. The number of likely N-dealkylation sites (tertiary alicyclic amines) is 1. The SMILES string of the molecule is COc1ccc(C)cc1CN1CCC[C@H]([C@]2(C)NC(=O)N(C)C2=O)C1. The summed E-state index contributed by atoms with van der Waals surface area (Å²) in [4.78, 5) is 28.0. The maximum atomic E-state index is 12.6. The molecule has 1 aromatic rings. The molecule has 25 heavy (non-hydrogen) atoms. The van der Waals surface area contributed by atoms with E-state index in [0.717, 1.165) is 43.8 Å². The highest BCUT2D eigenvalue weighted by Crippen LogP contribution is 2.33. The maximum absolute atomic E-state index is 12.6. The van der Waals surface area contributed by atoms with E-state index in [9.17, 15) is 9.59 Å². The third kappa shape index (κ3) is 3.23. The number of likely N-dealkylation sites (N-methyl/N-ethyl adjacent to an activating group) is 1. The minimum Gasteiger partial charge on any atom is -0.496 e. The number of rotatable bonds is 4. The normalized spacial score (nSPS) is 27.5. The summed E-state index contributed by atoms with van der Waals surface area (Å²) in [7, 11) is 3.23. The molecule has 0 aromatic heterocycles. The van der Waals surface area contributed by atoms with E-state index in [4.69, 9.17) is 4.74 Å². The van der Waals surface area contributed by atoms with Crippen molar-refractivity contribution < 1.29 is 14.3 Å². The Labute approximate surface area is 149 Å². The average molecular weight is 345 g/mol. The fourth-order valence-corrected chi connectivity index (χ4v) is 4.02. The third-order valence-electron chi connectivity index (χ3n) is 5.57. The lowest BCUT2D eigenvalue weighted by atomic mass is 9.80. The molecule has 2 atom stereocenters. The van der Waals surface area contributed by atoms with Crippen LogP contribution in [0.2, 0.25) is 0 Å². The number of hydrogen-bond donors (Lipinski definition) is 1. The number of benzene rings is 1. The predicted molar refractivity (Wildman–Crippen MR) is 95.4 cm³/mol. The van der Waals surface area contributed by atoms with E-state index >= 15 is 0 Å². The number of aryl methyl sites for hydroxylation is 1. The molecule has 1 N–H and O–H groups in total. The smallest absolute Gasteiger partial charge is 0.324 e. The van der Waals surface area contributed by atoms with E-state index in [2.05, 4.69) is 23.2 Å². The molecule has 0 saturated carbocycles. The van der Waals surface area contributed by atoms with Crippen LogP contribution in [0, 0.1) is 12.8 Å². The Morgan fingerprint density at radius 3 is 2.76 bits per heavy atom. The molecule has 3 rings (SSSR count). The fraction of sp³-hybridized carbons (Fsp3) is 0.579. The number of urea groups is 1. The number of nitrogens with zero attached hydrogens (tertiary/aromatic N) is 2. The zero-order chi connectivity index (χ0) is 18.2. The van der Waals surface area contributed by atoms with Gasteiger partial charge in [0.1, 0.15) is 11.3 Å². The van der Waals surface area contributed by atoms with Crippen LogP contribution in [0.3, 0.4) is 0 Å². The summed E-state index contributed by atoms with van der Waals surface area (Å²) >= 11 is 0. The van der Waals surface area contributed by atoms with Gasteiger partial charge >= 0.3 is 6.03 Å². The highest BCUT2D eigenvalue weighted by Gasteiger charge is 2.51. The number of carbonyl (C=O) groups excluding carboxylic acids is 2. The van der Waals surface area contributed by atoms with Gasteiger partial charge in [-0.25, -0.2) is 4.79 Å². The first kappa shape index (κ1) is 17.7. The molecule has 136 valence electrons. The van der Waals surface area contributed by atoms with Crippen LogP contribution in [0.25, 0.3) is 0 Å². The fourth-order valence-electron chi connectivity index (χ4n) is 4.02. The number of nitrogens with one attached hydrogen (secondary N) is 1. The van der Waals surface area contributed by atoms with Crippen LogP contribution in [0.4, 0.5) is 4.79 Å². The van der Waals surface area contributed by atoms with Gasteiger partial charge in [-0.3, -0.25) is 14.6 Å². The molecule has 2 aliphatic heterocycles. The lowest BCUT2D eigenvalue weighted by molar-refractivity contribution is -0.132. The second-order valence-corrected chi connectivity index (χ2v) is 7.39. The summed E-state index contributed by atoms with van der Waals surface area (Å²) < 4.78 is 5.49. The van der Waals surface area contributed by atoms with Crippen molar-refractivity contribution in [3.63, 3.8) is 0 Å². The van der Waals surface area contributed by atoms with Crippen molar-refractivity contribution in [3.05, 3.63) is 29.3 Å². The Morgan fingerprint density at radius 1 is 1.36 bits per heavy atom. The Balaban J connectivity index is 1.75. The number of carbonyl (C=O) groups is 2. The lowest BCUT2D eigenvalue weighted by Gasteiger charge is -2.39. The molecule has 0 radical (unpaired) electrons. The summed E-state index contributed by atoms with van der Waals surface area (Å²) in [5.41, 5.74) is 1.56. The molecule has 0 bridgehead atoms. The Kier molecular flexibility index (Phi) is 4.73. The first-order valence-corrected chi connectivity index (χ1v) is 8.81. The monoisotopic (exact) mass is 345 g/mol. The molecule has 0 aliphatic carbocycles. The topological polar surface area (TPSA) is 61.9 Å². The molecule has 2 fully saturated rings. The third-order valence-corrected chi connectivity index (χ3v) is 5.57. The Hall–Kier alpha value is -2.08. The highest BCUT2D eigenvalue weighted by atomic mass is 16.5. The van der Waals surface area contributed by atoms with Gasteiger partial charge in [0.25, 0.3) is 5.91 Å². The molecular weight excluding hydrogens is 318 g/mol. The molecule has 0 spiro atoms. The van der Waals surface area contributed by atoms with Crippen molar-refractivity contribution in [2.45, 2.75) is 38.8 Å². The minimum absolute atomic E-state index is 0.110. The summed E-state index contributed by atoms with van der Waals surface area (Å²) in [6, 6.07) is 5.90. The van der Waals surface area contributed by atoms with Gasteiger partial charge in [-0.2, -0.15) is 0 Å². The summed E-state index contributed by atoms with van der Waals surface area (Å²) in [5.74, 6) is 0.875. The maximum Gasteiger partial charge on any atom is 0.324 e. The largest absolute Gasteiger partial charge is 0.496 e. The molecular formula is C19H27N3O3. The van der Waals surface area contributed by atoms with Gasteiger partial charge in [-0.05, 0) is 39.3 Å². The molecule has 3 amide bonds. The van der Waals surface area contributed by atoms with Crippen molar-refractivity contribution in [2.24, 2.45) is 5.92 Å². The second-order valence-electron chi connectivity index (χ2n) is 7.39. The van der Waals surface area contributed by atoms with Crippen LogP contribution >= 0.6 is 0 Å². The molecule has 2 heterocycles. The van der Waals surface area contributed by atoms with Crippen LogP contribution in [0.5, 0.6) is 5.75 Å². The number of methoxy groups -OCH3 is 1. The summed E-state index contributed by atoms with van der Waals surface area (Å²) in [6.45, 7) is 6.49. The zero-order valence-electron chi connectivity index (χ0n) is 15.5. The zero-order valence-corrected chi connectivity index (χ0v) is 15.5. The first-order valence-electron chi connectivity index (χ1n) is 8.81. The second kappa shape index (κ2) is 6.67. The number of amides is 3. The van der Waals surface area contributed by atoms with E-state index in [-0.39, 0.29) is 17.9 Å². The van der Waals surface area contributed by atoms with Gasteiger partial charge < -0.3 is 10.1 Å². The Bertz CT molecular complexity index is 690. The number of ether oxygens (including phenoxy) is 1. The Morgan fingerprint density at radius 2 is 2.12 bits per heavy atom. The molecule has 1 aromatic carbocycles. The van der Waals surface area contributed by atoms with Crippen molar-refractivity contribution in [2.75, 3.05) is 27.2 Å². The molecule has 6 heteroatoms. The predicted octanol–water partition coefficient (Wildman–Crippen LogP) is 2.16. The van der Waals surface area contributed by atoms with E-state index < -0.39 is 5.54 Å².